The van der Waals surface area contributed by atoms with Gasteiger partial charge in [0.1, 0.15) is 0 Å². The summed E-state index contributed by atoms with van der Waals surface area (Å²) in [6.45, 7) is 1.79. The van der Waals surface area contributed by atoms with E-state index in [1.807, 2.05) is 42.6 Å². The Hall–Kier alpha value is -2.73. The van der Waals surface area contributed by atoms with Crippen LogP contribution in [0.5, 0.6) is 0 Å². The molecule has 0 unspecified atom stereocenters. The Morgan fingerprint density at radius 3 is 2.45 bits per heavy atom. The van der Waals surface area contributed by atoms with Gasteiger partial charge in [0.15, 0.2) is 0 Å². The zero-order chi connectivity index (χ0) is 20.3. The number of hydrogen-bond donors (Lipinski definition) is 0. The van der Waals surface area contributed by atoms with Gasteiger partial charge in [-0.05, 0) is 61.3 Å². The predicted octanol–water partition coefficient (Wildman–Crippen LogP) is 5.42. The van der Waals surface area contributed by atoms with E-state index in [4.69, 9.17) is 4.98 Å². The van der Waals surface area contributed by atoms with E-state index in [1.54, 1.807) is 0 Å². The SMILES string of the molecule is FC(F)(F)c1ccc(Cc2cccc([C@@H]3CCCN3Cc3ccccn3)n2)cc1. The van der Waals surface area contributed by atoms with Crippen LogP contribution in [-0.2, 0) is 19.1 Å². The van der Waals surface area contributed by atoms with Gasteiger partial charge in [-0.2, -0.15) is 13.2 Å². The van der Waals surface area contributed by atoms with Gasteiger partial charge in [-0.1, -0.05) is 24.3 Å². The maximum Gasteiger partial charge on any atom is 0.416 e. The number of pyridine rings is 2. The smallest absolute Gasteiger partial charge is 0.289 e. The van der Waals surface area contributed by atoms with Crippen molar-refractivity contribution < 1.29 is 13.2 Å². The van der Waals surface area contributed by atoms with Crippen molar-refractivity contribution in [2.75, 3.05) is 6.54 Å². The van der Waals surface area contributed by atoms with E-state index < -0.39 is 11.7 Å². The summed E-state index contributed by atoms with van der Waals surface area (Å²) in [6, 6.07) is 17.5. The third-order valence-corrected chi connectivity index (χ3v) is 5.29. The maximum atomic E-state index is 12.7. The molecule has 0 saturated carbocycles. The molecule has 4 rings (SSSR count). The van der Waals surface area contributed by atoms with Crippen LogP contribution in [0.25, 0.3) is 0 Å². The third kappa shape index (κ3) is 4.82. The van der Waals surface area contributed by atoms with Crippen LogP contribution in [0, 0.1) is 0 Å². The fourth-order valence-corrected chi connectivity index (χ4v) is 3.85. The number of alkyl halides is 3. The van der Waals surface area contributed by atoms with Gasteiger partial charge >= 0.3 is 6.18 Å². The van der Waals surface area contributed by atoms with Crippen LogP contribution in [0.4, 0.5) is 13.2 Å². The monoisotopic (exact) mass is 397 g/mol. The minimum absolute atomic E-state index is 0.240. The molecule has 150 valence electrons. The van der Waals surface area contributed by atoms with E-state index in [0.29, 0.717) is 6.42 Å². The molecule has 29 heavy (non-hydrogen) atoms. The molecule has 3 heterocycles. The number of aromatic nitrogens is 2. The number of nitrogens with zero attached hydrogens (tertiary/aromatic N) is 3. The molecule has 0 bridgehead atoms. The Kier molecular flexibility index (Phi) is 5.62. The molecule has 1 fully saturated rings. The highest BCUT2D eigenvalue weighted by atomic mass is 19.4. The second-order valence-electron chi connectivity index (χ2n) is 7.37. The molecule has 6 heteroatoms. The van der Waals surface area contributed by atoms with Crippen LogP contribution < -0.4 is 0 Å². The summed E-state index contributed by atoms with van der Waals surface area (Å²) in [4.78, 5) is 11.7. The topological polar surface area (TPSA) is 29.0 Å². The third-order valence-electron chi connectivity index (χ3n) is 5.29. The molecule has 1 aromatic carbocycles. The first-order chi connectivity index (χ1) is 14.0. The Bertz CT molecular complexity index is 940. The van der Waals surface area contributed by atoms with Gasteiger partial charge in [0.05, 0.1) is 23.0 Å². The van der Waals surface area contributed by atoms with Gasteiger partial charge in [0.2, 0.25) is 0 Å². The van der Waals surface area contributed by atoms with Crippen molar-refractivity contribution in [3.8, 4) is 0 Å². The van der Waals surface area contributed by atoms with Gasteiger partial charge in [-0.15, -0.1) is 0 Å². The minimum atomic E-state index is -4.31. The fourth-order valence-electron chi connectivity index (χ4n) is 3.85. The molecule has 3 nitrogen and oxygen atoms in total. The van der Waals surface area contributed by atoms with Crippen LogP contribution in [0.1, 0.15) is 47.1 Å². The van der Waals surface area contributed by atoms with Crippen molar-refractivity contribution >= 4 is 0 Å². The van der Waals surface area contributed by atoms with Gasteiger partial charge in [-0.25, -0.2) is 0 Å². The van der Waals surface area contributed by atoms with E-state index >= 15 is 0 Å². The van der Waals surface area contributed by atoms with E-state index in [0.717, 1.165) is 60.7 Å². The summed E-state index contributed by atoms with van der Waals surface area (Å²) < 4.78 is 38.2. The summed E-state index contributed by atoms with van der Waals surface area (Å²) in [6.07, 6.45) is 0.171. The molecule has 0 amide bonds. The average Bonchev–Trinajstić information content (AvgIpc) is 3.17. The molecular weight excluding hydrogens is 375 g/mol. The summed E-state index contributed by atoms with van der Waals surface area (Å²) in [7, 11) is 0. The Balaban J connectivity index is 1.48. The number of likely N-dealkylation sites (tertiary alicyclic amines) is 1. The normalized spacial score (nSPS) is 17.6. The van der Waals surface area contributed by atoms with Gasteiger partial charge in [0, 0.05) is 24.9 Å². The first-order valence-corrected chi connectivity index (χ1v) is 9.75. The first kappa shape index (κ1) is 19.6. The maximum absolute atomic E-state index is 12.7. The highest BCUT2D eigenvalue weighted by molar-refractivity contribution is 5.28. The number of halogens is 3. The Labute approximate surface area is 168 Å². The van der Waals surface area contributed by atoms with Crippen molar-refractivity contribution in [1.29, 1.82) is 0 Å². The standard InChI is InChI=1S/C23H22F3N3/c24-23(25,26)18-11-9-17(10-12-18)15-19-6-3-7-21(28-19)22-8-4-14-29(22)16-20-5-1-2-13-27-20/h1-3,5-7,9-13,22H,4,8,14-16H2/t22-/m0/s1. The fraction of sp³-hybridized carbons (Fsp3) is 0.304. The van der Waals surface area contributed by atoms with E-state index in [2.05, 4.69) is 9.88 Å². The molecule has 3 aromatic rings. The van der Waals surface area contributed by atoms with E-state index in [-0.39, 0.29) is 6.04 Å². The lowest BCUT2D eigenvalue weighted by Crippen LogP contribution is -2.24. The van der Waals surface area contributed by atoms with Crippen LogP contribution in [0.15, 0.2) is 66.9 Å². The quantitative estimate of drug-likeness (QED) is 0.575. The highest BCUT2D eigenvalue weighted by Crippen LogP contribution is 2.32. The van der Waals surface area contributed by atoms with Crippen molar-refractivity contribution in [3.05, 3.63) is 95.1 Å². The lowest BCUT2D eigenvalue weighted by molar-refractivity contribution is -0.137. The number of benzene rings is 1. The molecule has 1 aliphatic rings. The van der Waals surface area contributed by atoms with Gasteiger partial charge < -0.3 is 0 Å². The van der Waals surface area contributed by atoms with Crippen LogP contribution in [-0.4, -0.2) is 21.4 Å². The average molecular weight is 397 g/mol. The van der Waals surface area contributed by atoms with Crippen LogP contribution in [0.2, 0.25) is 0 Å². The zero-order valence-corrected chi connectivity index (χ0v) is 15.9. The summed E-state index contributed by atoms with van der Waals surface area (Å²) >= 11 is 0. The molecule has 1 atom stereocenters. The molecular formula is C23H22F3N3. The van der Waals surface area contributed by atoms with Gasteiger partial charge in [-0.3, -0.25) is 14.9 Å². The molecule has 2 aromatic heterocycles. The summed E-state index contributed by atoms with van der Waals surface area (Å²) in [5, 5.41) is 0. The largest absolute Gasteiger partial charge is 0.416 e. The second kappa shape index (κ2) is 8.33. The molecule has 1 aliphatic heterocycles. The lowest BCUT2D eigenvalue weighted by Gasteiger charge is -2.24. The summed E-state index contributed by atoms with van der Waals surface area (Å²) in [5.74, 6) is 0. The molecule has 0 N–H and O–H groups in total. The molecule has 0 aliphatic carbocycles. The first-order valence-electron chi connectivity index (χ1n) is 9.75. The Morgan fingerprint density at radius 2 is 1.72 bits per heavy atom. The molecule has 0 spiro atoms. The van der Waals surface area contributed by atoms with Crippen LogP contribution in [0.3, 0.4) is 0 Å². The van der Waals surface area contributed by atoms with Crippen molar-refractivity contribution in [3.63, 3.8) is 0 Å². The van der Waals surface area contributed by atoms with E-state index in [9.17, 15) is 13.2 Å². The Morgan fingerprint density at radius 1 is 0.931 bits per heavy atom. The number of rotatable bonds is 5. The van der Waals surface area contributed by atoms with Crippen molar-refractivity contribution in [1.82, 2.24) is 14.9 Å². The van der Waals surface area contributed by atoms with Gasteiger partial charge in [0.25, 0.3) is 0 Å². The van der Waals surface area contributed by atoms with Crippen LogP contribution >= 0.6 is 0 Å². The minimum Gasteiger partial charge on any atom is -0.289 e. The predicted molar refractivity (Wildman–Crippen MR) is 105 cm³/mol. The zero-order valence-electron chi connectivity index (χ0n) is 15.9. The lowest BCUT2D eigenvalue weighted by atomic mass is 10.1. The molecule has 0 radical (unpaired) electrons. The van der Waals surface area contributed by atoms with E-state index in [1.165, 1.54) is 12.1 Å². The number of hydrogen-bond acceptors (Lipinski definition) is 3. The highest BCUT2D eigenvalue weighted by Gasteiger charge is 2.30. The van der Waals surface area contributed by atoms with Crippen molar-refractivity contribution in [2.45, 2.75) is 38.0 Å². The summed E-state index contributed by atoms with van der Waals surface area (Å²) in [5.41, 5.74) is 3.12. The second-order valence-corrected chi connectivity index (χ2v) is 7.37. The van der Waals surface area contributed by atoms with Crippen molar-refractivity contribution in [2.24, 2.45) is 0 Å². The molecule has 1 saturated heterocycles.